The first-order valence-electron chi connectivity index (χ1n) is 5.50. The van der Waals surface area contributed by atoms with Gasteiger partial charge in [0.25, 0.3) is 0 Å². The second-order valence-electron chi connectivity index (χ2n) is 4.24. The number of fused-ring (bicyclic) bond motifs is 3. The highest BCUT2D eigenvalue weighted by molar-refractivity contribution is 5.94. The first-order valence-corrected chi connectivity index (χ1v) is 5.50. The molecule has 0 fully saturated rings. The Balaban J connectivity index is 2.47. The van der Waals surface area contributed by atoms with E-state index in [0.29, 0.717) is 12.8 Å². The number of benzene rings is 1. The summed E-state index contributed by atoms with van der Waals surface area (Å²) in [5.74, 6) is -0.0897. The molecule has 3 rings (SSSR count). The summed E-state index contributed by atoms with van der Waals surface area (Å²) in [7, 11) is 0. The summed E-state index contributed by atoms with van der Waals surface area (Å²) in [5, 5.41) is 2.83. The Hall–Kier alpha value is -1.64. The number of carbonyl (C=O) groups excluding carboxylic acids is 2. The van der Waals surface area contributed by atoms with Crippen molar-refractivity contribution in [3.8, 4) is 0 Å². The molecule has 0 radical (unpaired) electrons. The van der Waals surface area contributed by atoms with Crippen molar-refractivity contribution in [1.29, 1.82) is 0 Å². The SMILES string of the molecule is CCC(=O)[C@@]1(NC(C)=O)Cc2ccc1cc2. The molecule has 2 aliphatic rings. The van der Waals surface area contributed by atoms with Gasteiger partial charge >= 0.3 is 0 Å². The number of ketones is 1. The van der Waals surface area contributed by atoms with Crippen LogP contribution in [0, 0.1) is 0 Å². The van der Waals surface area contributed by atoms with Gasteiger partial charge in [-0.2, -0.15) is 0 Å². The highest BCUT2D eigenvalue weighted by Crippen LogP contribution is 2.33. The van der Waals surface area contributed by atoms with Crippen LogP contribution in [0.5, 0.6) is 0 Å². The molecule has 1 aromatic rings. The molecule has 1 aromatic carbocycles. The van der Waals surface area contributed by atoms with Crippen LogP contribution in [-0.4, -0.2) is 11.7 Å². The fourth-order valence-corrected chi connectivity index (χ4v) is 2.36. The number of amides is 1. The van der Waals surface area contributed by atoms with Gasteiger partial charge in [0.15, 0.2) is 5.78 Å². The van der Waals surface area contributed by atoms with Crippen LogP contribution in [0.15, 0.2) is 24.3 Å². The predicted molar refractivity (Wildman–Crippen MR) is 60.9 cm³/mol. The molecule has 1 atom stereocenters. The van der Waals surface area contributed by atoms with Crippen LogP contribution in [0.1, 0.15) is 31.4 Å². The van der Waals surface area contributed by atoms with Crippen molar-refractivity contribution in [3.63, 3.8) is 0 Å². The highest BCUT2D eigenvalue weighted by Gasteiger charge is 2.42. The zero-order chi connectivity index (χ0) is 11.8. The van der Waals surface area contributed by atoms with Crippen LogP contribution in [-0.2, 0) is 21.5 Å². The minimum absolute atomic E-state index is 0.0731. The standard InChI is InChI=1S/C13H15NO2/c1-3-12(16)13(14-9(2)15)8-10-4-6-11(13)7-5-10/h4-7H,3,8H2,1-2H3,(H,14,15)/t13-/m1/s1. The third-order valence-electron chi connectivity index (χ3n) is 3.10. The molecule has 2 aliphatic carbocycles. The van der Waals surface area contributed by atoms with Crippen molar-refractivity contribution in [2.75, 3.05) is 0 Å². The maximum absolute atomic E-state index is 12.1. The van der Waals surface area contributed by atoms with E-state index in [2.05, 4.69) is 5.32 Å². The monoisotopic (exact) mass is 217 g/mol. The van der Waals surface area contributed by atoms with Gasteiger partial charge < -0.3 is 5.32 Å². The molecule has 2 bridgehead atoms. The highest BCUT2D eigenvalue weighted by atomic mass is 16.2. The largest absolute Gasteiger partial charge is 0.340 e. The summed E-state index contributed by atoms with van der Waals surface area (Å²) in [6, 6.07) is 7.83. The van der Waals surface area contributed by atoms with Crippen LogP contribution in [0.4, 0.5) is 0 Å². The molecule has 1 amide bonds. The van der Waals surface area contributed by atoms with Gasteiger partial charge in [-0.3, -0.25) is 9.59 Å². The normalized spacial score (nSPS) is 21.9. The van der Waals surface area contributed by atoms with E-state index in [1.165, 1.54) is 6.92 Å². The molecular weight excluding hydrogens is 202 g/mol. The van der Waals surface area contributed by atoms with Gasteiger partial charge in [0.05, 0.1) is 0 Å². The second-order valence-corrected chi connectivity index (χ2v) is 4.24. The third-order valence-corrected chi connectivity index (χ3v) is 3.10. The fourth-order valence-electron chi connectivity index (χ4n) is 2.36. The van der Waals surface area contributed by atoms with Gasteiger partial charge in [-0.1, -0.05) is 31.2 Å². The van der Waals surface area contributed by atoms with Crippen LogP contribution in [0.25, 0.3) is 0 Å². The zero-order valence-corrected chi connectivity index (χ0v) is 9.54. The van der Waals surface area contributed by atoms with E-state index in [0.717, 1.165) is 11.1 Å². The van der Waals surface area contributed by atoms with Gasteiger partial charge in [-0.15, -0.1) is 0 Å². The minimum atomic E-state index is -0.806. The van der Waals surface area contributed by atoms with Gasteiger partial charge in [0.2, 0.25) is 5.91 Å². The van der Waals surface area contributed by atoms with Gasteiger partial charge in [0.1, 0.15) is 5.54 Å². The average molecular weight is 217 g/mol. The van der Waals surface area contributed by atoms with E-state index >= 15 is 0 Å². The molecule has 0 aromatic heterocycles. The van der Waals surface area contributed by atoms with Crippen molar-refractivity contribution >= 4 is 11.7 Å². The lowest BCUT2D eigenvalue weighted by Crippen LogP contribution is -2.53. The molecule has 3 heteroatoms. The average Bonchev–Trinajstić information content (AvgIpc) is 2.28. The Morgan fingerprint density at radius 1 is 1.31 bits per heavy atom. The second kappa shape index (κ2) is 3.74. The summed E-state index contributed by atoms with van der Waals surface area (Å²) in [6.45, 7) is 3.28. The minimum Gasteiger partial charge on any atom is -0.340 e. The number of nitrogens with one attached hydrogen (secondary N) is 1. The summed E-state index contributed by atoms with van der Waals surface area (Å²) < 4.78 is 0. The van der Waals surface area contributed by atoms with E-state index in [1.807, 2.05) is 31.2 Å². The number of carbonyl (C=O) groups is 2. The van der Waals surface area contributed by atoms with E-state index < -0.39 is 5.54 Å². The molecule has 0 saturated carbocycles. The molecule has 0 spiro atoms. The first-order chi connectivity index (χ1) is 7.58. The Morgan fingerprint density at radius 3 is 2.31 bits per heavy atom. The van der Waals surface area contributed by atoms with Gasteiger partial charge in [-0.05, 0) is 11.1 Å². The van der Waals surface area contributed by atoms with Crippen molar-refractivity contribution in [3.05, 3.63) is 35.4 Å². The summed E-state index contributed by atoms with van der Waals surface area (Å²) in [6.07, 6.45) is 1.01. The van der Waals surface area contributed by atoms with E-state index in [4.69, 9.17) is 0 Å². The quantitative estimate of drug-likeness (QED) is 0.835. The lowest BCUT2D eigenvalue weighted by molar-refractivity contribution is -0.131. The van der Waals surface area contributed by atoms with Crippen LogP contribution in [0.2, 0.25) is 0 Å². The fraction of sp³-hybridized carbons (Fsp3) is 0.385. The zero-order valence-electron chi connectivity index (χ0n) is 9.54. The molecular formula is C13H15NO2. The molecule has 0 unspecified atom stereocenters. The van der Waals surface area contributed by atoms with E-state index in [1.54, 1.807) is 0 Å². The molecule has 0 heterocycles. The van der Waals surface area contributed by atoms with Crippen molar-refractivity contribution in [1.82, 2.24) is 5.32 Å². The summed E-state index contributed by atoms with van der Waals surface area (Å²) in [5.41, 5.74) is 1.18. The summed E-state index contributed by atoms with van der Waals surface area (Å²) in [4.78, 5) is 23.4. The summed E-state index contributed by atoms with van der Waals surface area (Å²) >= 11 is 0. The van der Waals surface area contributed by atoms with E-state index in [9.17, 15) is 9.59 Å². The topological polar surface area (TPSA) is 46.2 Å². The Morgan fingerprint density at radius 2 is 1.94 bits per heavy atom. The molecule has 0 aliphatic heterocycles. The van der Waals surface area contributed by atoms with Crippen molar-refractivity contribution < 1.29 is 9.59 Å². The van der Waals surface area contributed by atoms with Gasteiger partial charge in [0, 0.05) is 19.8 Å². The first kappa shape index (κ1) is 10.9. The lowest BCUT2D eigenvalue weighted by Gasteiger charge is -2.37. The maximum atomic E-state index is 12.1. The molecule has 1 N–H and O–H groups in total. The lowest BCUT2D eigenvalue weighted by atomic mass is 9.75. The Labute approximate surface area is 94.9 Å². The predicted octanol–water partition coefficient (Wildman–Crippen LogP) is 1.55. The molecule has 0 saturated heterocycles. The van der Waals surface area contributed by atoms with Crippen LogP contribution < -0.4 is 5.32 Å². The Kier molecular flexibility index (Phi) is 2.54. The third kappa shape index (κ3) is 1.52. The maximum Gasteiger partial charge on any atom is 0.217 e. The van der Waals surface area contributed by atoms with Crippen LogP contribution >= 0.6 is 0 Å². The van der Waals surface area contributed by atoms with E-state index in [-0.39, 0.29) is 11.7 Å². The number of hydrogen-bond donors (Lipinski definition) is 1. The molecule has 16 heavy (non-hydrogen) atoms. The van der Waals surface area contributed by atoms with Crippen molar-refractivity contribution in [2.45, 2.75) is 32.2 Å². The smallest absolute Gasteiger partial charge is 0.217 e. The number of Topliss-reactive ketones (excluding diaryl/α,β-unsaturated/α-hetero) is 1. The Bertz CT molecular complexity index is 436. The van der Waals surface area contributed by atoms with Crippen molar-refractivity contribution in [2.24, 2.45) is 0 Å². The number of rotatable bonds is 3. The molecule has 84 valence electrons. The van der Waals surface area contributed by atoms with Crippen LogP contribution in [0.3, 0.4) is 0 Å². The van der Waals surface area contributed by atoms with Gasteiger partial charge in [-0.25, -0.2) is 0 Å². The molecule has 3 nitrogen and oxygen atoms in total. The number of hydrogen-bond acceptors (Lipinski definition) is 2.